The van der Waals surface area contributed by atoms with Gasteiger partial charge in [-0.15, -0.1) is 0 Å². The number of likely N-dealkylation sites (tertiary alicyclic amines) is 1. The second-order valence-corrected chi connectivity index (χ2v) is 6.77. The molecule has 1 unspecified atom stereocenters. The van der Waals surface area contributed by atoms with Gasteiger partial charge in [-0.05, 0) is 42.5 Å². The summed E-state index contributed by atoms with van der Waals surface area (Å²) in [5.41, 5.74) is 1.87. The standard InChI is InChI=1S/C20H25N3O/c1-15(2)13-21-19-11-10-17(14-22-19)18-9-6-12-23(18)20(24)16-7-4-3-5-8-16/h3-5,7-8,10-11,14-15,18H,6,9,12-13H2,1-2H3,(H,21,22). The lowest BCUT2D eigenvalue weighted by molar-refractivity contribution is 0.0735. The molecule has 2 heterocycles. The van der Waals surface area contributed by atoms with Crippen molar-refractivity contribution in [3.05, 3.63) is 59.8 Å². The first-order valence-electron chi connectivity index (χ1n) is 8.71. The minimum atomic E-state index is 0.111. The maximum atomic E-state index is 12.8. The Morgan fingerprint density at radius 1 is 1.25 bits per heavy atom. The Morgan fingerprint density at radius 2 is 2.04 bits per heavy atom. The van der Waals surface area contributed by atoms with Crippen LogP contribution in [-0.2, 0) is 0 Å². The fourth-order valence-electron chi connectivity index (χ4n) is 3.12. The highest BCUT2D eigenvalue weighted by Gasteiger charge is 2.30. The highest BCUT2D eigenvalue weighted by atomic mass is 16.2. The Hall–Kier alpha value is -2.36. The summed E-state index contributed by atoms with van der Waals surface area (Å²) in [6.45, 7) is 6.07. The number of hydrogen-bond donors (Lipinski definition) is 1. The van der Waals surface area contributed by atoms with E-state index in [-0.39, 0.29) is 11.9 Å². The molecule has 4 heteroatoms. The molecule has 2 aromatic rings. The molecule has 1 aliphatic rings. The van der Waals surface area contributed by atoms with Crippen LogP contribution in [0, 0.1) is 5.92 Å². The summed E-state index contributed by atoms with van der Waals surface area (Å²) >= 11 is 0. The van der Waals surface area contributed by atoms with Crippen LogP contribution in [0.3, 0.4) is 0 Å². The van der Waals surface area contributed by atoms with E-state index in [2.05, 4.69) is 30.2 Å². The van der Waals surface area contributed by atoms with Crippen LogP contribution in [0.4, 0.5) is 5.82 Å². The van der Waals surface area contributed by atoms with E-state index in [9.17, 15) is 4.79 Å². The molecule has 0 saturated carbocycles. The van der Waals surface area contributed by atoms with Gasteiger partial charge in [0.05, 0.1) is 6.04 Å². The molecule has 0 radical (unpaired) electrons. The number of aromatic nitrogens is 1. The van der Waals surface area contributed by atoms with Gasteiger partial charge in [-0.1, -0.05) is 38.1 Å². The van der Waals surface area contributed by atoms with Crippen molar-refractivity contribution in [2.45, 2.75) is 32.7 Å². The Morgan fingerprint density at radius 3 is 2.71 bits per heavy atom. The van der Waals surface area contributed by atoms with Crippen molar-refractivity contribution in [2.75, 3.05) is 18.4 Å². The highest BCUT2D eigenvalue weighted by Crippen LogP contribution is 2.33. The summed E-state index contributed by atoms with van der Waals surface area (Å²) in [4.78, 5) is 19.3. The van der Waals surface area contributed by atoms with Gasteiger partial charge in [0.1, 0.15) is 5.82 Å². The third-order valence-corrected chi connectivity index (χ3v) is 4.40. The van der Waals surface area contributed by atoms with Gasteiger partial charge in [0.15, 0.2) is 0 Å². The number of nitrogens with one attached hydrogen (secondary N) is 1. The van der Waals surface area contributed by atoms with Crippen molar-refractivity contribution in [3.63, 3.8) is 0 Å². The van der Waals surface area contributed by atoms with Crippen molar-refractivity contribution in [3.8, 4) is 0 Å². The molecule has 0 spiro atoms. The van der Waals surface area contributed by atoms with Crippen molar-refractivity contribution in [2.24, 2.45) is 5.92 Å². The van der Waals surface area contributed by atoms with Gasteiger partial charge in [-0.3, -0.25) is 4.79 Å². The van der Waals surface area contributed by atoms with Gasteiger partial charge in [0.25, 0.3) is 5.91 Å². The first-order valence-corrected chi connectivity index (χ1v) is 8.71. The van der Waals surface area contributed by atoms with Crippen molar-refractivity contribution in [1.82, 2.24) is 9.88 Å². The molecule has 126 valence electrons. The fraction of sp³-hybridized carbons (Fsp3) is 0.400. The molecule has 1 fully saturated rings. The molecule has 4 nitrogen and oxygen atoms in total. The minimum absolute atomic E-state index is 0.111. The summed E-state index contributed by atoms with van der Waals surface area (Å²) in [6, 6.07) is 13.8. The summed E-state index contributed by atoms with van der Waals surface area (Å²) in [5, 5.41) is 3.33. The summed E-state index contributed by atoms with van der Waals surface area (Å²) in [6.07, 6.45) is 3.94. The first-order chi connectivity index (χ1) is 11.6. The van der Waals surface area contributed by atoms with Crippen LogP contribution < -0.4 is 5.32 Å². The summed E-state index contributed by atoms with van der Waals surface area (Å²) < 4.78 is 0. The normalized spacial score (nSPS) is 17.3. The van der Waals surface area contributed by atoms with Crippen LogP contribution >= 0.6 is 0 Å². The van der Waals surface area contributed by atoms with Gasteiger partial charge in [0.2, 0.25) is 0 Å². The lowest BCUT2D eigenvalue weighted by Crippen LogP contribution is -2.30. The molecule has 1 aromatic carbocycles. The molecule has 24 heavy (non-hydrogen) atoms. The van der Waals surface area contributed by atoms with Gasteiger partial charge in [-0.25, -0.2) is 4.98 Å². The van der Waals surface area contributed by atoms with Crippen molar-refractivity contribution in [1.29, 1.82) is 0 Å². The Kier molecular flexibility index (Phi) is 5.14. The molecule has 3 rings (SSSR count). The molecule has 1 saturated heterocycles. The second kappa shape index (κ2) is 7.47. The summed E-state index contributed by atoms with van der Waals surface area (Å²) in [7, 11) is 0. The molecule has 1 aliphatic heterocycles. The predicted molar refractivity (Wildman–Crippen MR) is 97.0 cm³/mol. The summed E-state index contributed by atoms with van der Waals surface area (Å²) in [5.74, 6) is 1.59. The largest absolute Gasteiger partial charge is 0.370 e. The van der Waals surface area contributed by atoms with E-state index in [0.717, 1.165) is 42.9 Å². The average molecular weight is 323 g/mol. The molecular formula is C20H25N3O. The third-order valence-electron chi connectivity index (χ3n) is 4.40. The van der Waals surface area contributed by atoms with Gasteiger partial charge >= 0.3 is 0 Å². The number of carbonyl (C=O) groups excluding carboxylic acids is 1. The van der Waals surface area contributed by atoms with E-state index in [0.29, 0.717) is 5.92 Å². The molecule has 0 aliphatic carbocycles. The molecular weight excluding hydrogens is 298 g/mol. The van der Waals surface area contributed by atoms with Crippen molar-refractivity contribution >= 4 is 11.7 Å². The molecule has 1 aromatic heterocycles. The van der Waals surface area contributed by atoms with E-state index >= 15 is 0 Å². The number of hydrogen-bond acceptors (Lipinski definition) is 3. The monoisotopic (exact) mass is 323 g/mol. The maximum absolute atomic E-state index is 12.8. The number of pyridine rings is 1. The molecule has 1 atom stereocenters. The topological polar surface area (TPSA) is 45.2 Å². The zero-order valence-corrected chi connectivity index (χ0v) is 14.4. The number of benzene rings is 1. The Balaban J connectivity index is 1.72. The third kappa shape index (κ3) is 3.75. The predicted octanol–water partition coefficient (Wildman–Crippen LogP) is 4.13. The first kappa shape index (κ1) is 16.5. The number of rotatable bonds is 5. The lowest BCUT2D eigenvalue weighted by Gasteiger charge is -2.25. The molecule has 1 amide bonds. The van der Waals surface area contributed by atoms with Gasteiger partial charge < -0.3 is 10.2 Å². The van der Waals surface area contributed by atoms with Crippen LogP contribution in [0.25, 0.3) is 0 Å². The average Bonchev–Trinajstić information content (AvgIpc) is 3.10. The van der Waals surface area contributed by atoms with Gasteiger partial charge in [0, 0.05) is 24.8 Å². The second-order valence-electron chi connectivity index (χ2n) is 6.77. The van der Waals surface area contributed by atoms with Crippen LogP contribution in [0.5, 0.6) is 0 Å². The number of nitrogens with zero attached hydrogens (tertiary/aromatic N) is 2. The maximum Gasteiger partial charge on any atom is 0.254 e. The zero-order valence-electron chi connectivity index (χ0n) is 14.4. The fourth-order valence-corrected chi connectivity index (χ4v) is 3.12. The van der Waals surface area contributed by atoms with Crippen LogP contribution in [0.2, 0.25) is 0 Å². The van der Waals surface area contributed by atoms with E-state index in [4.69, 9.17) is 0 Å². The number of carbonyl (C=O) groups is 1. The zero-order chi connectivity index (χ0) is 16.9. The van der Waals surface area contributed by atoms with E-state index in [1.165, 1.54) is 0 Å². The number of amides is 1. The quantitative estimate of drug-likeness (QED) is 0.900. The van der Waals surface area contributed by atoms with Gasteiger partial charge in [-0.2, -0.15) is 0 Å². The van der Waals surface area contributed by atoms with E-state index in [1.54, 1.807) is 0 Å². The Labute approximate surface area is 143 Å². The minimum Gasteiger partial charge on any atom is -0.370 e. The van der Waals surface area contributed by atoms with Crippen molar-refractivity contribution < 1.29 is 4.79 Å². The lowest BCUT2D eigenvalue weighted by atomic mass is 10.1. The molecule has 0 bridgehead atoms. The molecule has 1 N–H and O–H groups in total. The van der Waals surface area contributed by atoms with E-state index in [1.807, 2.05) is 47.5 Å². The van der Waals surface area contributed by atoms with Crippen LogP contribution in [-0.4, -0.2) is 28.9 Å². The van der Waals surface area contributed by atoms with Crippen LogP contribution in [0.15, 0.2) is 48.7 Å². The SMILES string of the molecule is CC(C)CNc1ccc(C2CCCN2C(=O)c2ccccc2)cn1. The highest BCUT2D eigenvalue weighted by molar-refractivity contribution is 5.94. The van der Waals surface area contributed by atoms with E-state index < -0.39 is 0 Å². The van der Waals surface area contributed by atoms with Crippen LogP contribution in [0.1, 0.15) is 48.7 Å². The Bertz CT molecular complexity index is 667. The number of anilines is 1. The smallest absolute Gasteiger partial charge is 0.254 e.